The molecule has 1 unspecified atom stereocenters. The molecule has 0 aliphatic rings. The number of thioether (sulfide) groups is 1. The lowest BCUT2D eigenvalue weighted by Gasteiger charge is -2.31. The van der Waals surface area contributed by atoms with Crippen molar-refractivity contribution >= 4 is 23.6 Å². The second-order valence-electron chi connectivity index (χ2n) is 8.11. The number of hydrogen-bond acceptors (Lipinski definition) is 4. The highest BCUT2D eigenvalue weighted by atomic mass is 32.2. The molecule has 0 spiro atoms. The van der Waals surface area contributed by atoms with Gasteiger partial charge < -0.3 is 15.0 Å². The average molecular weight is 477 g/mol. The Morgan fingerprint density at radius 1 is 0.941 bits per heavy atom. The van der Waals surface area contributed by atoms with E-state index in [9.17, 15) is 9.59 Å². The van der Waals surface area contributed by atoms with Crippen LogP contribution in [0.4, 0.5) is 0 Å². The molecule has 3 aromatic rings. The molecule has 34 heavy (non-hydrogen) atoms. The summed E-state index contributed by atoms with van der Waals surface area (Å²) in [6.07, 6.45) is 0.460. The summed E-state index contributed by atoms with van der Waals surface area (Å²) in [4.78, 5) is 28.2. The van der Waals surface area contributed by atoms with E-state index in [2.05, 4.69) is 5.32 Å². The number of amides is 2. The molecule has 0 saturated carbocycles. The molecule has 1 atom stereocenters. The fourth-order valence-electron chi connectivity index (χ4n) is 3.75. The van der Waals surface area contributed by atoms with E-state index in [0.717, 1.165) is 28.0 Å². The van der Waals surface area contributed by atoms with E-state index in [-0.39, 0.29) is 11.8 Å². The zero-order valence-electron chi connectivity index (χ0n) is 20.0. The largest absolute Gasteiger partial charge is 0.497 e. The summed E-state index contributed by atoms with van der Waals surface area (Å²) in [5, 5.41) is 2.76. The van der Waals surface area contributed by atoms with Crippen LogP contribution in [0.5, 0.6) is 5.75 Å². The third-order valence-electron chi connectivity index (χ3n) is 5.77. The number of carbonyl (C=O) groups excluding carboxylic acids is 2. The number of hydrogen-bond donors (Lipinski definition) is 1. The zero-order valence-corrected chi connectivity index (χ0v) is 20.8. The predicted molar refractivity (Wildman–Crippen MR) is 139 cm³/mol. The number of nitrogens with zero attached hydrogens (tertiary/aromatic N) is 1. The van der Waals surface area contributed by atoms with E-state index in [1.54, 1.807) is 30.8 Å². The van der Waals surface area contributed by atoms with E-state index < -0.39 is 6.04 Å². The molecule has 5 nitrogen and oxygen atoms in total. The van der Waals surface area contributed by atoms with Gasteiger partial charge in [0, 0.05) is 25.8 Å². The summed E-state index contributed by atoms with van der Waals surface area (Å²) in [5.74, 6) is 1.60. The Balaban J connectivity index is 1.79. The van der Waals surface area contributed by atoms with E-state index >= 15 is 0 Å². The topological polar surface area (TPSA) is 58.6 Å². The smallest absolute Gasteiger partial charge is 0.242 e. The van der Waals surface area contributed by atoms with Crippen molar-refractivity contribution in [3.63, 3.8) is 0 Å². The summed E-state index contributed by atoms with van der Waals surface area (Å²) in [5.41, 5.74) is 4.28. The van der Waals surface area contributed by atoms with Crippen LogP contribution in [-0.4, -0.2) is 42.7 Å². The second-order valence-corrected chi connectivity index (χ2v) is 9.09. The van der Waals surface area contributed by atoms with Gasteiger partial charge in [-0.3, -0.25) is 9.59 Å². The second kappa shape index (κ2) is 12.8. The van der Waals surface area contributed by atoms with Crippen molar-refractivity contribution in [1.82, 2.24) is 10.2 Å². The van der Waals surface area contributed by atoms with Gasteiger partial charge in [-0.1, -0.05) is 66.7 Å². The maximum atomic E-state index is 13.5. The molecule has 0 aliphatic carbocycles. The highest BCUT2D eigenvalue weighted by molar-refractivity contribution is 7.99. The minimum atomic E-state index is -0.596. The van der Waals surface area contributed by atoms with Crippen LogP contribution < -0.4 is 10.1 Å². The minimum Gasteiger partial charge on any atom is -0.497 e. The Morgan fingerprint density at radius 3 is 2.26 bits per heavy atom. The Labute approximate surface area is 206 Å². The van der Waals surface area contributed by atoms with Crippen LogP contribution in [0.15, 0.2) is 78.9 Å². The van der Waals surface area contributed by atoms with Gasteiger partial charge >= 0.3 is 0 Å². The van der Waals surface area contributed by atoms with Crippen molar-refractivity contribution in [1.29, 1.82) is 0 Å². The van der Waals surface area contributed by atoms with E-state index in [1.165, 1.54) is 0 Å². The monoisotopic (exact) mass is 476 g/mol. The average Bonchev–Trinajstić information content (AvgIpc) is 2.87. The lowest BCUT2D eigenvalue weighted by Crippen LogP contribution is -2.50. The number of carbonyl (C=O) groups is 2. The van der Waals surface area contributed by atoms with E-state index in [4.69, 9.17) is 4.74 Å². The van der Waals surface area contributed by atoms with Gasteiger partial charge in [-0.2, -0.15) is 0 Å². The van der Waals surface area contributed by atoms with Gasteiger partial charge in [0.25, 0.3) is 0 Å². The maximum Gasteiger partial charge on any atom is 0.242 e. The van der Waals surface area contributed by atoms with Crippen LogP contribution in [0.2, 0.25) is 0 Å². The van der Waals surface area contributed by atoms with Gasteiger partial charge in [-0.15, -0.1) is 11.8 Å². The third-order valence-corrected chi connectivity index (χ3v) is 6.76. The number of nitrogens with one attached hydrogen (secondary N) is 1. The molecular weight excluding hydrogens is 444 g/mol. The molecular formula is C28H32N2O3S. The molecule has 0 saturated heterocycles. The predicted octanol–water partition coefficient (Wildman–Crippen LogP) is 4.62. The van der Waals surface area contributed by atoms with Gasteiger partial charge in [0.1, 0.15) is 11.8 Å². The first-order valence-corrected chi connectivity index (χ1v) is 12.5. The van der Waals surface area contributed by atoms with Crippen LogP contribution in [0, 0.1) is 6.92 Å². The molecule has 0 radical (unpaired) electrons. The van der Waals surface area contributed by atoms with Crippen molar-refractivity contribution in [2.75, 3.05) is 19.9 Å². The number of likely N-dealkylation sites (N-methyl/N-ethyl adjacent to an activating group) is 1. The lowest BCUT2D eigenvalue weighted by molar-refractivity contribution is -0.139. The summed E-state index contributed by atoms with van der Waals surface area (Å²) in [6.45, 7) is 2.42. The van der Waals surface area contributed by atoms with Crippen molar-refractivity contribution in [2.24, 2.45) is 0 Å². The van der Waals surface area contributed by atoms with Crippen molar-refractivity contribution in [2.45, 2.75) is 31.7 Å². The Bertz CT molecular complexity index is 1070. The van der Waals surface area contributed by atoms with Crippen LogP contribution in [0.3, 0.4) is 0 Å². The standard InChI is InChI=1S/C28H32N2O3S/c1-21-9-7-8-12-24(21)18-30(26(28(32)29-2)17-22-10-5-4-6-11-22)27(31)20-34-19-23-13-15-25(33-3)16-14-23/h4-16,26H,17-20H2,1-3H3,(H,29,32). The fraction of sp³-hybridized carbons (Fsp3) is 0.286. The van der Waals surface area contributed by atoms with Gasteiger partial charge in [0.2, 0.25) is 11.8 Å². The summed E-state index contributed by atoms with van der Waals surface area (Å²) < 4.78 is 5.21. The number of ether oxygens (including phenoxy) is 1. The Morgan fingerprint density at radius 2 is 1.62 bits per heavy atom. The molecule has 2 amide bonds. The van der Waals surface area contributed by atoms with E-state index in [1.807, 2.05) is 85.8 Å². The molecule has 0 bridgehead atoms. The molecule has 0 aromatic heterocycles. The molecule has 0 fully saturated rings. The van der Waals surface area contributed by atoms with Crippen LogP contribution >= 0.6 is 11.8 Å². The molecule has 6 heteroatoms. The highest BCUT2D eigenvalue weighted by Crippen LogP contribution is 2.20. The molecule has 0 heterocycles. The minimum absolute atomic E-state index is 0.0497. The van der Waals surface area contributed by atoms with Crippen LogP contribution in [-0.2, 0) is 28.3 Å². The fourth-order valence-corrected chi connectivity index (χ4v) is 4.62. The Kier molecular flexibility index (Phi) is 9.59. The van der Waals surface area contributed by atoms with Crippen LogP contribution in [0.25, 0.3) is 0 Å². The zero-order chi connectivity index (χ0) is 24.3. The lowest BCUT2D eigenvalue weighted by atomic mass is 10.0. The number of rotatable bonds is 11. The quantitative estimate of drug-likeness (QED) is 0.439. The van der Waals surface area contributed by atoms with E-state index in [0.29, 0.717) is 24.5 Å². The summed E-state index contributed by atoms with van der Waals surface area (Å²) in [7, 11) is 3.26. The SMILES string of the molecule is CNC(=O)C(Cc1ccccc1)N(Cc1ccccc1C)C(=O)CSCc1ccc(OC)cc1. The molecule has 178 valence electrons. The maximum absolute atomic E-state index is 13.5. The van der Waals surface area contributed by atoms with Gasteiger partial charge in [-0.05, 0) is 41.3 Å². The summed E-state index contributed by atoms with van der Waals surface area (Å²) >= 11 is 1.55. The first-order chi connectivity index (χ1) is 16.5. The van der Waals surface area contributed by atoms with Crippen molar-refractivity contribution in [3.8, 4) is 5.75 Å². The number of methoxy groups -OCH3 is 1. The number of aryl methyl sites for hydroxylation is 1. The third kappa shape index (κ3) is 7.12. The first kappa shape index (κ1) is 25.4. The highest BCUT2D eigenvalue weighted by Gasteiger charge is 2.29. The first-order valence-electron chi connectivity index (χ1n) is 11.3. The molecule has 3 aromatic carbocycles. The van der Waals surface area contributed by atoms with Crippen molar-refractivity contribution in [3.05, 3.63) is 101 Å². The van der Waals surface area contributed by atoms with Crippen molar-refractivity contribution < 1.29 is 14.3 Å². The molecule has 1 N–H and O–H groups in total. The van der Waals surface area contributed by atoms with Gasteiger partial charge in [-0.25, -0.2) is 0 Å². The normalized spacial score (nSPS) is 11.5. The van der Waals surface area contributed by atoms with Gasteiger partial charge in [0.05, 0.1) is 12.9 Å². The molecule has 0 aliphatic heterocycles. The Hall–Kier alpha value is -3.25. The van der Waals surface area contributed by atoms with Gasteiger partial charge in [0.15, 0.2) is 0 Å². The number of benzene rings is 3. The summed E-state index contributed by atoms with van der Waals surface area (Å²) in [6, 6.07) is 25.1. The molecule has 3 rings (SSSR count). The van der Waals surface area contributed by atoms with Crippen LogP contribution in [0.1, 0.15) is 22.3 Å².